The molecule has 0 saturated carbocycles. The van der Waals surface area contributed by atoms with E-state index < -0.39 is 0 Å². The van der Waals surface area contributed by atoms with Gasteiger partial charge in [0.15, 0.2) is 0 Å². The van der Waals surface area contributed by atoms with E-state index in [-0.39, 0.29) is 5.41 Å². The van der Waals surface area contributed by atoms with Gasteiger partial charge in [0.25, 0.3) is 0 Å². The van der Waals surface area contributed by atoms with Crippen molar-refractivity contribution in [2.75, 3.05) is 4.43 Å². The van der Waals surface area contributed by atoms with Gasteiger partial charge in [-0.05, 0) is 72.1 Å². The third-order valence-electron chi connectivity index (χ3n) is 6.96. The first-order valence-corrected chi connectivity index (χ1v) is 12.0. The van der Waals surface area contributed by atoms with Crippen molar-refractivity contribution in [2.24, 2.45) is 23.7 Å². The monoisotopic (exact) mass is 470 g/mol. The smallest absolute Gasteiger partial charge is 0.0155 e. The van der Waals surface area contributed by atoms with Crippen molar-refractivity contribution in [3.8, 4) is 0 Å². The Labute approximate surface area is 178 Å². The van der Waals surface area contributed by atoms with Crippen LogP contribution in [0, 0.1) is 23.7 Å². The van der Waals surface area contributed by atoms with Gasteiger partial charge in [-0.2, -0.15) is 0 Å². The van der Waals surface area contributed by atoms with E-state index in [0.717, 1.165) is 5.92 Å². The second-order valence-electron chi connectivity index (χ2n) is 8.88. The first-order chi connectivity index (χ1) is 13.1. The summed E-state index contributed by atoms with van der Waals surface area (Å²) in [4.78, 5) is 0. The average molecular weight is 470 g/mol. The summed E-state index contributed by atoms with van der Waals surface area (Å²) in [6.45, 7) is 6.97. The number of benzene rings is 1. The molecule has 1 aromatic rings. The Morgan fingerprint density at radius 1 is 1.15 bits per heavy atom. The third kappa shape index (κ3) is 3.41. The molecule has 3 unspecified atom stereocenters. The van der Waals surface area contributed by atoms with Gasteiger partial charge < -0.3 is 0 Å². The van der Waals surface area contributed by atoms with Gasteiger partial charge in [-0.1, -0.05) is 97.2 Å². The van der Waals surface area contributed by atoms with Crippen LogP contribution >= 0.6 is 22.6 Å². The van der Waals surface area contributed by atoms with E-state index in [2.05, 4.69) is 104 Å². The lowest BCUT2D eigenvalue weighted by molar-refractivity contribution is 0.315. The molecule has 0 saturated heterocycles. The second kappa shape index (κ2) is 7.73. The van der Waals surface area contributed by atoms with Gasteiger partial charge >= 0.3 is 0 Å². The Balaban J connectivity index is 1.62. The number of rotatable bonds is 4. The van der Waals surface area contributed by atoms with Crippen molar-refractivity contribution in [3.63, 3.8) is 0 Å². The van der Waals surface area contributed by atoms with E-state index >= 15 is 0 Å². The minimum atomic E-state index is 0.131. The van der Waals surface area contributed by atoms with Crippen LogP contribution in [0.25, 0.3) is 5.57 Å². The fraction of sp³-hybridized carbons (Fsp3) is 0.462. The van der Waals surface area contributed by atoms with Crippen molar-refractivity contribution < 1.29 is 0 Å². The Kier molecular flexibility index (Phi) is 5.51. The number of alkyl halides is 1. The average Bonchev–Trinajstić information content (AvgIpc) is 2.91. The van der Waals surface area contributed by atoms with E-state index in [9.17, 15) is 0 Å². The molecule has 3 aliphatic rings. The van der Waals surface area contributed by atoms with Crippen LogP contribution in [-0.2, 0) is 5.41 Å². The maximum Gasteiger partial charge on any atom is 0.0155 e. The van der Waals surface area contributed by atoms with Crippen molar-refractivity contribution in [3.05, 3.63) is 77.4 Å². The van der Waals surface area contributed by atoms with Crippen molar-refractivity contribution in [2.45, 2.75) is 45.4 Å². The molecule has 0 fully saturated rings. The minimum absolute atomic E-state index is 0.131. The second-order valence-corrected chi connectivity index (χ2v) is 9.96. The highest BCUT2D eigenvalue weighted by atomic mass is 127. The first kappa shape index (κ1) is 19.2. The maximum atomic E-state index is 2.63. The van der Waals surface area contributed by atoms with E-state index in [1.165, 1.54) is 40.4 Å². The molecule has 0 radical (unpaired) electrons. The minimum Gasteiger partial charge on any atom is -0.0914 e. The third-order valence-corrected chi connectivity index (χ3v) is 7.58. The molecule has 0 amide bonds. The zero-order valence-corrected chi connectivity index (χ0v) is 18.9. The lowest BCUT2D eigenvalue weighted by Crippen LogP contribution is -2.26. The summed E-state index contributed by atoms with van der Waals surface area (Å²) in [5, 5.41) is 0. The van der Waals surface area contributed by atoms with Gasteiger partial charge in [0.2, 0.25) is 0 Å². The van der Waals surface area contributed by atoms with Crippen LogP contribution in [0.15, 0.2) is 66.3 Å². The van der Waals surface area contributed by atoms with Crippen LogP contribution in [-0.4, -0.2) is 4.43 Å². The molecule has 27 heavy (non-hydrogen) atoms. The van der Waals surface area contributed by atoms with Gasteiger partial charge in [0.1, 0.15) is 0 Å². The first-order valence-electron chi connectivity index (χ1n) is 10.5. The number of halogens is 1. The molecule has 1 aromatic carbocycles. The standard InChI is InChI=1S/C26H31I/c1-4-7-19-16-20(11-10-18(19)14-15-27)21-12-13-23-22-8-5-6-9-24(22)26(2,3)25(23)17-21/h4-11,13,17-21H,12,14-16H2,1-3H3/b7-4-/t18?,19?,20?,21-/m1/s1. The van der Waals surface area contributed by atoms with E-state index in [1.54, 1.807) is 5.57 Å². The van der Waals surface area contributed by atoms with Crippen LogP contribution in [0.5, 0.6) is 0 Å². The van der Waals surface area contributed by atoms with Crippen LogP contribution in [0.2, 0.25) is 0 Å². The molecule has 0 bridgehead atoms. The summed E-state index contributed by atoms with van der Waals surface area (Å²) in [5.74, 6) is 2.74. The number of hydrogen-bond donors (Lipinski definition) is 0. The van der Waals surface area contributed by atoms with Gasteiger partial charge in [0.05, 0.1) is 0 Å². The summed E-state index contributed by atoms with van der Waals surface area (Å²) in [6.07, 6.45) is 18.7. The number of fused-ring (bicyclic) bond motifs is 3. The molecule has 1 heteroatoms. The Morgan fingerprint density at radius 2 is 1.96 bits per heavy atom. The molecule has 0 N–H and O–H groups in total. The highest BCUT2D eigenvalue weighted by Gasteiger charge is 2.40. The largest absolute Gasteiger partial charge is 0.0914 e. The lowest BCUT2D eigenvalue weighted by Gasteiger charge is -2.35. The molecule has 0 heterocycles. The highest BCUT2D eigenvalue weighted by Crippen LogP contribution is 2.53. The van der Waals surface area contributed by atoms with Crippen molar-refractivity contribution >= 4 is 28.2 Å². The SMILES string of the molecule is C/C=C\C1CC([C@H]2C=C3C(=CC2)c2ccccc2C3(C)C)C=CC1CCI. The predicted molar refractivity (Wildman–Crippen MR) is 126 cm³/mol. The lowest BCUT2D eigenvalue weighted by atomic mass is 9.69. The molecular formula is C26H31I. The summed E-state index contributed by atoms with van der Waals surface area (Å²) >= 11 is 2.52. The molecule has 0 nitrogen and oxygen atoms in total. The van der Waals surface area contributed by atoms with Gasteiger partial charge in [0, 0.05) is 9.84 Å². The Hall–Kier alpha value is -1.09. The van der Waals surface area contributed by atoms with Gasteiger partial charge in [-0.15, -0.1) is 0 Å². The topological polar surface area (TPSA) is 0 Å². The fourth-order valence-corrected chi connectivity index (χ4v) is 6.18. The van der Waals surface area contributed by atoms with Crippen LogP contribution < -0.4 is 0 Å². The van der Waals surface area contributed by atoms with E-state index in [0.29, 0.717) is 17.8 Å². The van der Waals surface area contributed by atoms with Crippen LogP contribution in [0.3, 0.4) is 0 Å². The molecule has 0 spiro atoms. The molecule has 142 valence electrons. The summed E-state index contributed by atoms with van der Waals surface area (Å²) < 4.78 is 1.25. The molecular weight excluding hydrogens is 439 g/mol. The Bertz CT molecular complexity index is 820. The molecule has 0 aliphatic heterocycles. The number of allylic oxidation sites excluding steroid dienone is 8. The summed E-state index contributed by atoms with van der Waals surface area (Å²) in [7, 11) is 0. The normalized spacial score (nSPS) is 31.4. The van der Waals surface area contributed by atoms with Crippen LogP contribution in [0.1, 0.15) is 51.2 Å². The highest BCUT2D eigenvalue weighted by molar-refractivity contribution is 14.1. The zero-order chi connectivity index (χ0) is 19.0. The van der Waals surface area contributed by atoms with Crippen molar-refractivity contribution in [1.82, 2.24) is 0 Å². The van der Waals surface area contributed by atoms with Crippen LogP contribution in [0.4, 0.5) is 0 Å². The molecule has 0 aromatic heterocycles. The van der Waals surface area contributed by atoms with Crippen molar-refractivity contribution in [1.29, 1.82) is 0 Å². The quantitative estimate of drug-likeness (QED) is 0.243. The Morgan fingerprint density at radius 3 is 2.74 bits per heavy atom. The molecule has 4 rings (SSSR count). The molecule has 4 atom stereocenters. The number of hydrogen-bond acceptors (Lipinski definition) is 0. The summed E-state index contributed by atoms with van der Waals surface area (Å²) in [5.41, 5.74) is 6.15. The maximum absolute atomic E-state index is 2.63. The van der Waals surface area contributed by atoms with Gasteiger partial charge in [-0.25, -0.2) is 0 Å². The predicted octanol–water partition coefficient (Wildman–Crippen LogP) is 7.52. The fourth-order valence-electron chi connectivity index (χ4n) is 5.46. The van der Waals surface area contributed by atoms with E-state index in [4.69, 9.17) is 0 Å². The van der Waals surface area contributed by atoms with E-state index in [1.807, 2.05) is 0 Å². The summed E-state index contributed by atoms with van der Waals surface area (Å²) in [6, 6.07) is 9.00. The zero-order valence-electron chi connectivity index (χ0n) is 16.8. The van der Waals surface area contributed by atoms with Gasteiger partial charge in [-0.3, -0.25) is 0 Å². The molecule has 3 aliphatic carbocycles.